The number of nitrogens with one attached hydrogen (secondary N) is 1. The molecule has 148 valence electrons. The molecule has 0 aliphatic carbocycles. The average Bonchev–Trinajstić information content (AvgIpc) is 3.07. The van der Waals surface area contributed by atoms with Gasteiger partial charge in [-0.2, -0.15) is 5.10 Å². The van der Waals surface area contributed by atoms with E-state index in [0.717, 1.165) is 18.1 Å². The quantitative estimate of drug-likeness (QED) is 0.393. The number of aryl methyl sites for hydroxylation is 1. The van der Waals surface area contributed by atoms with Crippen LogP contribution in [0, 0.1) is 5.82 Å². The Hall–Kier alpha value is -1.39. The van der Waals surface area contributed by atoms with Crippen molar-refractivity contribution in [3.05, 3.63) is 52.6 Å². The zero-order valence-electron chi connectivity index (χ0n) is 15.4. The monoisotopic (exact) mass is 507 g/mol. The van der Waals surface area contributed by atoms with E-state index in [2.05, 4.69) is 20.3 Å². The summed E-state index contributed by atoms with van der Waals surface area (Å²) in [6.45, 7) is 2.59. The third-order valence-corrected chi connectivity index (χ3v) is 4.75. The van der Waals surface area contributed by atoms with Gasteiger partial charge in [0.15, 0.2) is 5.96 Å². The van der Waals surface area contributed by atoms with E-state index in [0.29, 0.717) is 36.7 Å². The number of morpholine rings is 1. The van der Waals surface area contributed by atoms with Gasteiger partial charge in [0.1, 0.15) is 11.9 Å². The highest BCUT2D eigenvalue weighted by molar-refractivity contribution is 14.0. The highest BCUT2D eigenvalue weighted by Crippen LogP contribution is 2.22. The number of benzene rings is 1. The van der Waals surface area contributed by atoms with E-state index in [1.165, 1.54) is 6.07 Å². The fourth-order valence-corrected chi connectivity index (χ4v) is 3.31. The van der Waals surface area contributed by atoms with Gasteiger partial charge in [-0.1, -0.05) is 17.7 Å². The Balaban J connectivity index is 0.00000261. The van der Waals surface area contributed by atoms with Crippen LogP contribution >= 0.6 is 35.6 Å². The van der Waals surface area contributed by atoms with Gasteiger partial charge in [0.05, 0.1) is 19.3 Å². The normalized spacial score (nSPS) is 17.6. The Kier molecular flexibility index (Phi) is 8.30. The molecule has 1 N–H and O–H groups in total. The summed E-state index contributed by atoms with van der Waals surface area (Å²) in [6, 6.07) is 4.74. The van der Waals surface area contributed by atoms with E-state index in [1.807, 2.05) is 19.4 Å². The highest BCUT2D eigenvalue weighted by atomic mass is 127. The van der Waals surface area contributed by atoms with Crippen molar-refractivity contribution in [3.63, 3.8) is 0 Å². The molecule has 1 aliphatic heterocycles. The number of rotatable bonds is 4. The smallest absolute Gasteiger partial charge is 0.193 e. The topological polar surface area (TPSA) is 54.7 Å². The number of aromatic nitrogens is 2. The molecule has 1 aromatic carbocycles. The Bertz CT molecular complexity index is 765. The summed E-state index contributed by atoms with van der Waals surface area (Å²) in [6.07, 6.45) is 4.23. The van der Waals surface area contributed by atoms with Crippen molar-refractivity contribution in [1.29, 1.82) is 0 Å². The van der Waals surface area contributed by atoms with Crippen LogP contribution in [0.25, 0.3) is 0 Å². The molecule has 3 rings (SSSR count). The first-order valence-electron chi connectivity index (χ1n) is 8.57. The maximum Gasteiger partial charge on any atom is 0.193 e. The molecular formula is C18H24ClFIN5O. The van der Waals surface area contributed by atoms with Crippen molar-refractivity contribution >= 4 is 41.5 Å². The molecule has 9 heteroatoms. The van der Waals surface area contributed by atoms with E-state index in [-0.39, 0.29) is 35.9 Å². The fraction of sp³-hybridized carbons (Fsp3) is 0.444. The Morgan fingerprint density at radius 2 is 2.30 bits per heavy atom. The first-order valence-corrected chi connectivity index (χ1v) is 8.95. The summed E-state index contributed by atoms with van der Waals surface area (Å²) in [5.74, 6) is 0.493. The van der Waals surface area contributed by atoms with Gasteiger partial charge in [0.25, 0.3) is 0 Å². The highest BCUT2D eigenvalue weighted by Gasteiger charge is 2.25. The van der Waals surface area contributed by atoms with E-state index >= 15 is 0 Å². The van der Waals surface area contributed by atoms with Crippen LogP contribution in [-0.2, 0) is 18.2 Å². The molecule has 27 heavy (non-hydrogen) atoms. The molecule has 1 atom stereocenters. The largest absolute Gasteiger partial charge is 0.370 e. The summed E-state index contributed by atoms with van der Waals surface area (Å²) >= 11 is 6.08. The van der Waals surface area contributed by atoms with E-state index in [4.69, 9.17) is 16.3 Å². The molecule has 0 radical (unpaired) electrons. The van der Waals surface area contributed by atoms with Crippen molar-refractivity contribution in [2.24, 2.45) is 12.0 Å². The Morgan fingerprint density at radius 3 is 2.96 bits per heavy atom. The van der Waals surface area contributed by atoms with Crippen LogP contribution in [0.2, 0.25) is 5.02 Å². The second-order valence-corrected chi connectivity index (χ2v) is 6.58. The molecule has 6 nitrogen and oxygen atoms in total. The summed E-state index contributed by atoms with van der Waals surface area (Å²) < 4.78 is 21.5. The third kappa shape index (κ3) is 5.55. The van der Waals surface area contributed by atoms with Crippen LogP contribution in [0.5, 0.6) is 0 Å². The fourth-order valence-electron chi connectivity index (χ4n) is 3.05. The first kappa shape index (κ1) is 21.9. The van der Waals surface area contributed by atoms with E-state index in [9.17, 15) is 4.39 Å². The predicted molar refractivity (Wildman–Crippen MR) is 115 cm³/mol. The predicted octanol–water partition coefficient (Wildman–Crippen LogP) is 3.02. The van der Waals surface area contributed by atoms with Crippen LogP contribution in [-0.4, -0.2) is 53.9 Å². The number of aliphatic imine (C=N–C) groups is 1. The van der Waals surface area contributed by atoms with Crippen LogP contribution in [0.3, 0.4) is 0 Å². The maximum atomic E-state index is 13.9. The van der Waals surface area contributed by atoms with Gasteiger partial charge >= 0.3 is 0 Å². The van der Waals surface area contributed by atoms with Crippen molar-refractivity contribution in [1.82, 2.24) is 20.0 Å². The minimum Gasteiger partial charge on any atom is -0.370 e. The standard InChI is InChI=1S/C18H23ClFN5O.HI/c1-21-18(22-7-6-14-15(19)4-3-5-16(14)20)25-8-9-26-17(12-25)13-10-23-24(2)11-13;/h3-5,10-11,17H,6-9,12H2,1-2H3,(H,21,22);1H. The molecule has 2 heterocycles. The minimum absolute atomic E-state index is 0. The number of hydrogen-bond acceptors (Lipinski definition) is 3. The third-order valence-electron chi connectivity index (χ3n) is 4.39. The lowest BCUT2D eigenvalue weighted by atomic mass is 10.1. The lowest BCUT2D eigenvalue weighted by molar-refractivity contribution is -0.00800. The maximum absolute atomic E-state index is 13.9. The molecule has 0 amide bonds. The summed E-state index contributed by atoms with van der Waals surface area (Å²) in [4.78, 5) is 6.49. The molecule has 1 unspecified atom stereocenters. The summed E-state index contributed by atoms with van der Waals surface area (Å²) in [5.41, 5.74) is 1.57. The minimum atomic E-state index is -0.280. The van der Waals surface area contributed by atoms with Gasteiger partial charge in [-0.05, 0) is 18.6 Å². The number of ether oxygens (including phenoxy) is 1. The summed E-state index contributed by atoms with van der Waals surface area (Å²) in [7, 11) is 3.63. The molecule has 1 aromatic heterocycles. The van der Waals surface area contributed by atoms with Crippen LogP contribution < -0.4 is 5.32 Å². The van der Waals surface area contributed by atoms with Gasteiger partial charge in [-0.25, -0.2) is 4.39 Å². The van der Waals surface area contributed by atoms with Crippen LogP contribution in [0.15, 0.2) is 35.6 Å². The molecule has 1 aliphatic rings. The zero-order valence-corrected chi connectivity index (χ0v) is 18.4. The van der Waals surface area contributed by atoms with Crippen molar-refractivity contribution in [3.8, 4) is 0 Å². The van der Waals surface area contributed by atoms with E-state index in [1.54, 1.807) is 23.9 Å². The molecule has 0 bridgehead atoms. The first-order chi connectivity index (χ1) is 12.6. The van der Waals surface area contributed by atoms with Crippen LogP contribution in [0.4, 0.5) is 4.39 Å². The van der Waals surface area contributed by atoms with Crippen molar-refractivity contribution < 1.29 is 9.13 Å². The molecule has 2 aromatic rings. The van der Waals surface area contributed by atoms with Crippen molar-refractivity contribution in [2.45, 2.75) is 12.5 Å². The SMILES string of the molecule is CN=C(NCCc1c(F)cccc1Cl)N1CCOC(c2cnn(C)c2)C1.I. The second kappa shape index (κ2) is 10.2. The zero-order chi connectivity index (χ0) is 18.5. The number of hydrogen-bond donors (Lipinski definition) is 1. The summed E-state index contributed by atoms with van der Waals surface area (Å²) in [5, 5.41) is 7.95. The number of nitrogens with zero attached hydrogens (tertiary/aromatic N) is 4. The number of halogens is 3. The Morgan fingerprint density at radius 1 is 1.48 bits per heavy atom. The molecule has 0 spiro atoms. The molecule has 0 saturated carbocycles. The van der Waals surface area contributed by atoms with Gasteiger partial charge in [0, 0.05) is 49.5 Å². The van der Waals surface area contributed by atoms with Crippen molar-refractivity contribution in [2.75, 3.05) is 33.3 Å². The lowest BCUT2D eigenvalue weighted by Crippen LogP contribution is -2.48. The average molecular weight is 508 g/mol. The molecule has 1 fully saturated rings. The van der Waals surface area contributed by atoms with Gasteiger partial charge in [-0.3, -0.25) is 9.67 Å². The van der Waals surface area contributed by atoms with Gasteiger partial charge < -0.3 is 15.0 Å². The van der Waals surface area contributed by atoms with Gasteiger partial charge in [-0.15, -0.1) is 24.0 Å². The molecular weight excluding hydrogens is 484 g/mol. The van der Waals surface area contributed by atoms with E-state index < -0.39 is 0 Å². The lowest BCUT2D eigenvalue weighted by Gasteiger charge is -2.34. The second-order valence-electron chi connectivity index (χ2n) is 6.18. The van der Waals surface area contributed by atoms with Crippen LogP contribution in [0.1, 0.15) is 17.2 Å². The molecule has 1 saturated heterocycles. The number of guanidine groups is 1. The Labute approximate surface area is 180 Å². The van der Waals surface area contributed by atoms with Gasteiger partial charge in [0.2, 0.25) is 0 Å².